The van der Waals surface area contributed by atoms with Crippen LogP contribution >= 0.6 is 0 Å². The van der Waals surface area contributed by atoms with E-state index in [0.29, 0.717) is 30.0 Å². The molecule has 3 heteroatoms. The number of Topliss-reactive ketones (excluding diaryl/α,β-unsaturated/α-hetero) is 1. The number of ketones is 2. The molecule has 124 valence electrons. The summed E-state index contributed by atoms with van der Waals surface area (Å²) in [5.41, 5.74) is 1.17. The Bertz CT molecular complexity index is 643. The Labute approximate surface area is 137 Å². The number of hydrogen-bond donors (Lipinski definition) is 0. The van der Waals surface area contributed by atoms with Gasteiger partial charge in [0.2, 0.25) is 0 Å². The van der Waals surface area contributed by atoms with E-state index in [2.05, 4.69) is 13.8 Å². The highest BCUT2D eigenvalue weighted by Gasteiger charge is 2.67. The molecule has 0 aromatic heterocycles. The zero-order valence-corrected chi connectivity index (χ0v) is 14.2. The molecule has 0 radical (unpaired) electrons. The highest BCUT2D eigenvalue weighted by Crippen LogP contribution is 2.68. The fraction of sp³-hybridized carbons (Fsp3) is 0.800. The van der Waals surface area contributed by atoms with Gasteiger partial charge in [-0.25, -0.2) is 0 Å². The zero-order valence-electron chi connectivity index (χ0n) is 14.2. The van der Waals surface area contributed by atoms with Crippen LogP contribution in [0.2, 0.25) is 0 Å². The van der Waals surface area contributed by atoms with E-state index < -0.39 is 0 Å². The van der Waals surface area contributed by atoms with Gasteiger partial charge in [0.25, 0.3) is 0 Å². The van der Waals surface area contributed by atoms with E-state index in [4.69, 9.17) is 4.74 Å². The van der Waals surface area contributed by atoms with Crippen molar-refractivity contribution in [1.29, 1.82) is 0 Å². The molecule has 1 saturated heterocycles. The standard InChI is InChI=1S/C20H26O3/c1-18-7-5-12(21)9-16(18)20(11-23-20)10-13-14-3-4-17(22)19(14,2)8-6-15(13)18/h9,13-15H,3-8,10-11H2,1-2H3/t13-,14-,15-,18+,19-,20+/m0/s1. The van der Waals surface area contributed by atoms with Crippen molar-refractivity contribution in [3.05, 3.63) is 11.6 Å². The maximum Gasteiger partial charge on any atom is 0.155 e. The molecule has 1 aliphatic heterocycles. The van der Waals surface area contributed by atoms with Crippen molar-refractivity contribution in [3.63, 3.8) is 0 Å². The van der Waals surface area contributed by atoms with Crippen molar-refractivity contribution in [3.8, 4) is 0 Å². The number of hydrogen-bond acceptors (Lipinski definition) is 3. The van der Waals surface area contributed by atoms with E-state index in [1.54, 1.807) is 0 Å². The summed E-state index contributed by atoms with van der Waals surface area (Å²) < 4.78 is 5.97. The Morgan fingerprint density at radius 2 is 1.78 bits per heavy atom. The molecule has 0 aromatic carbocycles. The summed E-state index contributed by atoms with van der Waals surface area (Å²) in [5.74, 6) is 2.53. The summed E-state index contributed by atoms with van der Waals surface area (Å²) in [6, 6.07) is 0. The van der Waals surface area contributed by atoms with E-state index in [0.717, 1.165) is 45.1 Å². The predicted octanol–water partition coefficient (Wildman–Crippen LogP) is 3.47. The Morgan fingerprint density at radius 1 is 1.04 bits per heavy atom. The molecule has 0 bridgehead atoms. The van der Waals surface area contributed by atoms with E-state index >= 15 is 0 Å². The van der Waals surface area contributed by atoms with Gasteiger partial charge in [-0.2, -0.15) is 0 Å². The number of ether oxygens (including phenoxy) is 1. The van der Waals surface area contributed by atoms with E-state index in [9.17, 15) is 9.59 Å². The van der Waals surface area contributed by atoms with E-state index in [-0.39, 0.29) is 22.2 Å². The first kappa shape index (κ1) is 14.4. The van der Waals surface area contributed by atoms with Crippen molar-refractivity contribution in [2.24, 2.45) is 28.6 Å². The number of fused-ring (bicyclic) bond motifs is 6. The Kier molecular flexibility index (Phi) is 2.61. The van der Waals surface area contributed by atoms with E-state index in [1.807, 2.05) is 6.08 Å². The number of epoxide rings is 1. The Morgan fingerprint density at radius 3 is 2.52 bits per heavy atom. The molecule has 0 amide bonds. The summed E-state index contributed by atoms with van der Waals surface area (Å²) >= 11 is 0. The van der Waals surface area contributed by atoms with Crippen LogP contribution in [0.25, 0.3) is 0 Å². The lowest BCUT2D eigenvalue weighted by atomic mass is 9.45. The van der Waals surface area contributed by atoms with Crippen LogP contribution in [0.1, 0.15) is 58.8 Å². The minimum atomic E-state index is -0.157. The molecule has 4 aliphatic carbocycles. The van der Waals surface area contributed by atoms with Crippen molar-refractivity contribution >= 4 is 11.6 Å². The molecule has 1 heterocycles. The number of rotatable bonds is 0. The quantitative estimate of drug-likeness (QED) is 0.643. The van der Waals surface area contributed by atoms with Crippen molar-refractivity contribution in [2.75, 3.05) is 6.61 Å². The summed E-state index contributed by atoms with van der Waals surface area (Å²) in [7, 11) is 0. The molecule has 4 fully saturated rings. The summed E-state index contributed by atoms with van der Waals surface area (Å²) in [4.78, 5) is 24.5. The van der Waals surface area contributed by atoms with Crippen LogP contribution in [-0.4, -0.2) is 23.8 Å². The van der Waals surface area contributed by atoms with Gasteiger partial charge in [-0.3, -0.25) is 9.59 Å². The molecule has 1 spiro atoms. The third-order valence-corrected chi connectivity index (χ3v) is 8.32. The monoisotopic (exact) mass is 314 g/mol. The molecule has 0 aromatic rings. The SMILES string of the molecule is C[C@]12CCC(=O)C=C1[C@]1(CO1)C[C@@H]1[C@@H]2CC[C@]2(C)C(=O)CC[C@@H]12. The van der Waals surface area contributed by atoms with Gasteiger partial charge >= 0.3 is 0 Å². The summed E-state index contributed by atoms with van der Waals surface area (Å²) in [6.45, 7) is 5.38. The number of carbonyl (C=O) groups excluding carboxylic acids is 2. The van der Waals surface area contributed by atoms with Crippen LogP contribution in [0.3, 0.4) is 0 Å². The highest BCUT2D eigenvalue weighted by atomic mass is 16.6. The van der Waals surface area contributed by atoms with Gasteiger partial charge in [-0.1, -0.05) is 13.8 Å². The molecule has 3 saturated carbocycles. The third-order valence-electron chi connectivity index (χ3n) is 8.32. The van der Waals surface area contributed by atoms with Crippen LogP contribution in [0, 0.1) is 28.6 Å². The zero-order chi connectivity index (χ0) is 16.0. The minimum Gasteiger partial charge on any atom is -0.365 e. The Balaban J connectivity index is 1.60. The van der Waals surface area contributed by atoms with Gasteiger partial charge in [0, 0.05) is 18.3 Å². The lowest BCUT2D eigenvalue weighted by molar-refractivity contribution is -0.133. The smallest absolute Gasteiger partial charge is 0.155 e. The van der Waals surface area contributed by atoms with Crippen LogP contribution in [-0.2, 0) is 14.3 Å². The highest BCUT2D eigenvalue weighted by molar-refractivity contribution is 5.92. The Hall–Kier alpha value is -0.960. The van der Waals surface area contributed by atoms with Gasteiger partial charge in [0.1, 0.15) is 11.4 Å². The van der Waals surface area contributed by atoms with Gasteiger partial charge in [0.15, 0.2) is 5.78 Å². The van der Waals surface area contributed by atoms with Crippen LogP contribution in [0.4, 0.5) is 0 Å². The molecule has 0 unspecified atom stereocenters. The van der Waals surface area contributed by atoms with Crippen molar-refractivity contribution in [1.82, 2.24) is 0 Å². The molecule has 3 nitrogen and oxygen atoms in total. The average molecular weight is 314 g/mol. The fourth-order valence-corrected chi connectivity index (χ4v) is 6.94. The lowest BCUT2D eigenvalue weighted by Crippen LogP contribution is -2.55. The van der Waals surface area contributed by atoms with Gasteiger partial charge in [-0.15, -0.1) is 0 Å². The first-order valence-corrected chi connectivity index (χ1v) is 9.32. The average Bonchev–Trinajstić information content (AvgIpc) is 3.21. The second-order valence-corrected chi connectivity index (χ2v) is 9.22. The van der Waals surface area contributed by atoms with Gasteiger partial charge in [-0.05, 0) is 66.9 Å². The van der Waals surface area contributed by atoms with E-state index in [1.165, 1.54) is 5.57 Å². The van der Waals surface area contributed by atoms with Crippen LogP contribution < -0.4 is 0 Å². The fourth-order valence-electron chi connectivity index (χ4n) is 6.94. The van der Waals surface area contributed by atoms with Crippen molar-refractivity contribution < 1.29 is 14.3 Å². The van der Waals surface area contributed by atoms with Gasteiger partial charge in [0.05, 0.1) is 6.61 Å². The summed E-state index contributed by atoms with van der Waals surface area (Å²) in [5, 5.41) is 0. The van der Waals surface area contributed by atoms with Crippen LogP contribution in [0.15, 0.2) is 11.6 Å². The lowest BCUT2D eigenvalue weighted by Gasteiger charge is -2.58. The molecular weight excluding hydrogens is 288 g/mol. The second kappa shape index (κ2) is 4.17. The first-order chi connectivity index (χ1) is 10.9. The maximum atomic E-state index is 12.5. The molecule has 23 heavy (non-hydrogen) atoms. The molecule has 0 N–H and O–H groups in total. The second-order valence-electron chi connectivity index (χ2n) is 9.22. The third kappa shape index (κ3) is 1.65. The van der Waals surface area contributed by atoms with Crippen LogP contribution in [0.5, 0.6) is 0 Å². The maximum absolute atomic E-state index is 12.5. The molecule has 5 rings (SSSR count). The molecule has 5 aliphatic rings. The molecular formula is C20H26O3. The molecule has 6 atom stereocenters. The normalized spacial score (nSPS) is 54.3. The van der Waals surface area contributed by atoms with Crippen molar-refractivity contribution in [2.45, 2.75) is 64.4 Å². The largest absolute Gasteiger partial charge is 0.365 e. The first-order valence-electron chi connectivity index (χ1n) is 9.32. The van der Waals surface area contributed by atoms with Gasteiger partial charge < -0.3 is 4.74 Å². The summed E-state index contributed by atoms with van der Waals surface area (Å²) in [6.07, 6.45) is 8.66. The number of carbonyl (C=O) groups is 2. The topological polar surface area (TPSA) is 46.7 Å². The minimum absolute atomic E-state index is 0.0840. The predicted molar refractivity (Wildman–Crippen MR) is 85.8 cm³/mol.